The number of aryl methyl sites for hydroxylation is 2. The Labute approximate surface area is 211 Å². The summed E-state index contributed by atoms with van der Waals surface area (Å²) in [5, 5.41) is 1.24. The summed E-state index contributed by atoms with van der Waals surface area (Å²) < 4.78 is 29.5. The third-order valence-corrected chi connectivity index (χ3v) is 9.04. The average molecular weight is 479 g/mol. The summed E-state index contributed by atoms with van der Waals surface area (Å²) in [5.41, 5.74) is 1.61. The summed E-state index contributed by atoms with van der Waals surface area (Å²) in [6, 6.07) is 7.82. The maximum atomic E-state index is 14.9. The van der Waals surface area contributed by atoms with E-state index in [1.54, 1.807) is 0 Å². The van der Waals surface area contributed by atoms with Crippen LogP contribution in [0.1, 0.15) is 95.1 Å². The van der Waals surface area contributed by atoms with Crippen LogP contribution in [0, 0.1) is 35.3 Å². The second-order valence-corrected chi connectivity index (χ2v) is 11.3. The number of fused-ring (bicyclic) bond motifs is 1. The first-order chi connectivity index (χ1) is 17.1. The molecule has 4 rings (SSSR count). The number of allylic oxidation sites excluding steroid dienone is 3. The standard InChI is InChI=1S/C33H44F2/c1-3-5-7-9-30-23-29-21-16-26(22-31(29)33(35)32(30)34)11-10-25-14-19-28(20-15-25)27-17-12-24(13-18-27)8-6-4-2/h3-5,16,21-25,27-28H,2,6-15,17-20H2,1H3/b5-3+. The molecule has 0 nitrogen and oxygen atoms in total. The third kappa shape index (κ3) is 6.83. The smallest absolute Gasteiger partial charge is 0.166 e. The van der Waals surface area contributed by atoms with Crippen LogP contribution >= 0.6 is 0 Å². The van der Waals surface area contributed by atoms with Crippen LogP contribution in [0.3, 0.4) is 0 Å². The van der Waals surface area contributed by atoms with Crippen molar-refractivity contribution in [2.24, 2.45) is 23.7 Å². The van der Waals surface area contributed by atoms with Crippen LogP contribution in [0.5, 0.6) is 0 Å². The fourth-order valence-electron chi connectivity index (χ4n) is 6.79. The van der Waals surface area contributed by atoms with E-state index in [1.165, 1.54) is 64.2 Å². The highest BCUT2D eigenvalue weighted by Crippen LogP contribution is 2.43. The van der Waals surface area contributed by atoms with Gasteiger partial charge in [0.1, 0.15) is 0 Å². The largest absolute Gasteiger partial charge is 0.203 e. The van der Waals surface area contributed by atoms with E-state index >= 15 is 0 Å². The number of halogens is 2. The van der Waals surface area contributed by atoms with Crippen LogP contribution in [-0.2, 0) is 12.8 Å². The van der Waals surface area contributed by atoms with Gasteiger partial charge in [0.25, 0.3) is 0 Å². The molecule has 0 bridgehead atoms. The first-order valence-corrected chi connectivity index (χ1v) is 14.2. The molecule has 2 fully saturated rings. The van der Waals surface area contributed by atoms with Gasteiger partial charge in [-0.3, -0.25) is 0 Å². The van der Waals surface area contributed by atoms with Crippen molar-refractivity contribution in [3.8, 4) is 0 Å². The Kier molecular flexibility index (Phi) is 9.58. The van der Waals surface area contributed by atoms with Gasteiger partial charge in [-0.2, -0.15) is 0 Å². The van der Waals surface area contributed by atoms with Gasteiger partial charge in [-0.1, -0.05) is 56.0 Å². The molecule has 2 aromatic carbocycles. The molecule has 0 amide bonds. The molecule has 2 aromatic rings. The Bertz CT molecular complexity index is 988. The molecule has 35 heavy (non-hydrogen) atoms. The Morgan fingerprint density at radius 2 is 1.46 bits per heavy atom. The predicted octanol–water partition coefficient (Wildman–Crippen LogP) is 10.1. The molecule has 0 heterocycles. The SMILES string of the molecule is C=CCCC1CCC(C2CCC(CCc3ccc4cc(CC/C=C/C)c(F)c(F)c4c3)CC2)CC1. The van der Waals surface area contributed by atoms with E-state index in [4.69, 9.17) is 0 Å². The molecule has 0 spiro atoms. The van der Waals surface area contributed by atoms with Crippen LogP contribution in [-0.4, -0.2) is 0 Å². The highest BCUT2D eigenvalue weighted by atomic mass is 19.2. The van der Waals surface area contributed by atoms with Crippen molar-refractivity contribution in [3.63, 3.8) is 0 Å². The van der Waals surface area contributed by atoms with Crippen molar-refractivity contribution in [3.05, 3.63) is 71.8 Å². The van der Waals surface area contributed by atoms with Crippen LogP contribution in [0.2, 0.25) is 0 Å². The summed E-state index contributed by atoms with van der Waals surface area (Å²) >= 11 is 0. The van der Waals surface area contributed by atoms with Gasteiger partial charge in [-0.15, -0.1) is 6.58 Å². The topological polar surface area (TPSA) is 0 Å². The van der Waals surface area contributed by atoms with Crippen molar-refractivity contribution in [2.45, 2.75) is 96.8 Å². The van der Waals surface area contributed by atoms with Gasteiger partial charge in [0.05, 0.1) is 0 Å². The molecule has 2 heteroatoms. The van der Waals surface area contributed by atoms with Gasteiger partial charge in [-0.05, 0) is 123 Å². The molecule has 0 atom stereocenters. The highest BCUT2D eigenvalue weighted by molar-refractivity contribution is 5.84. The van der Waals surface area contributed by atoms with Crippen LogP contribution in [0.15, 0.2) is 49.1 Å². The fourth-order valence-corrected chi connectivity index (χ4v) is 6.79. The minimum atomic E-state index is -0.681. The first-order valence-electron chi connectivity index (χ1n) is 14.2. The lowest BCUT2D eigenvalue weighted by Gasteiger charge is -2.38. The second kappa shape index (κ2) is 12.8. The number of benzene rings is 2. The van der Waals surface area contributed by atoms with Gasteiger partial charge in [0.15, 0.2) is 11.6 Å². The Balaban J connectivity index is 1.26. The molecule has 2 aliphatic carbocycles. The summed E-state index contributed by atoms with van der Waals surface area (Å²) in [6.07, 6.45) is 23.1. The molecule has 0 aromatic heterocycles. The molecule has 0 aliphatic heterocycles. The van der Waals surface area contributed by atoms with Gasteiger partial charge >= 0.3 is 0 Å². The summed E-state index contributed by atoms with van der Waals surface area (Å²) in [7, 11) is 0. The van der Waals surface area contributed by atoms with Crippen LogP contribution in [0.25, 0.3) is 10.8 Å². The zero-order valence-electron chi connectivity index (χ0n) is 21.7. The quantitative estimate of drug-likeness (QED) is 0.298. The minimum Gasteiger partial charge on any atom is -0.203 e. The van der Waals surface area contributed by atoms with Crippen molar-refractivity contribution < 1.29 is 8.78 Å². The summed E-state index contributed by atoms with van der Waals surface area (Å²) in [5.74, 6) is 2.25. The maximum Gasteiger partial charge on any atom is 0.166 e. The van der Waals surface area contributed by atoms with Crippen molar-refractivity contribution in [2.75, 3.05) is 0 Å². The minimum absolute atomic E-state index is 0.433. The molecule has 190 valence electrons. The van der Waals surface area contributed by atoms with Crippen molar-refractivity contribution in [1.82, 2.24) is 0 Å². The molecular weight excluding hydrogens is 434 g/mol. The monoisotopic (exact) mass is 478 g/mol. The van der Waals surface area contributed by atoms with Gasteiger partial charge in [-0.25, -0.2) is 8.78 Å². The zero-order valence-corrected chi connectivity index (χ0v) is 21.7. The number of hydrogen-bond donors (Lipinski definition) is 0. The fraction of sp³-hybridized carbons (Fsp3) is 0.576. The van der Waals surface area contributed by atoms with E-state index in [1.807, 2.05) is 37.3 Å². The normalized spacial score (nSPS) is 25.3. The Morgan fingerprint density at radius 3 is 2.09 bits per heavy atom. The van der Waals surface area contributed by atoms with Gasteiger partial charge in [0, 0.05) is 5.39 Å². The van der Waals surface area contributed by atoms with Crippen LogP contribution in [0.4, 0.5) is 8.78 Å². The third-order valence-electron chi connectivity index (χ3n) is 9.04. The molecule has 0 radical (unpaired) electrons. The molecule has 0 unspecified atom stereocenters. The van der Waals surface area contributed by atoms with E-state index < -0.39 is 11.6 Å². The average Bonchev–Trinajstić information content (AvgIpc) is 2.90. The van der Waals surface area contributed by atoms with Gasteiger partial charge in [0.2, 0.25) is 0 Å². The predicted molar refractivity (Wildman–Crippen MR) is 146 cm³/mol. The van der Waals surface area contributed by atoms with E-state index in [0.717, 1.165) is 53.9 Å². The Hall–Kier alpha value is -1.96. The van der Waals surface area contributed by atoms with E-state index in [9.17, 15) is 8.78 Å². The van der Waals surface area contributed by atoms with Crippen molar-refractivity contribution >= 4 is 10.8 Å². The lowest BCUT2D eigenvalue weighted by molar-refractivity contribution is 0.141. The number of rotatable bonds is 10. The van der Waals surface area contributed by atoms with E-state index in [2.05, 4.69) is 18.7 Å². The highest BCUT2D eigenvalue weighted by Gasteiger charge is 2.30. The zero-order chi connectivity index (χ0) is 24.6. The second-order valence-electron chi connectivity index (χ2n) is 11.3. The number of hydrogen-bond acceptors (Lipinski definition) is 0. The molecular formula is C33H44F2. The van der Waals surface area contributed by atoms with Crippen LogP contribution < -0.4 is 0 Å². The van der Waals surface area contributed by atoms with E-state index in [0.29, 0.717) is 17.4 Å². The molecule has 0 saturated heterocycles. The molecule has 2 aliphatic rings. The maximum absolute atomic E-state index is 14.9. The van der Waals surface area contributed by atoms with Crippen molar-refractivity contribution in [1.29, 1.82) is 0 Å². The Morgan fingerprint density at radius 1 is 0.800 bits per heavy atom. The molecule has 0 N–H and O–H groups in total. The lowest BCUT2D eigenvalue weighted by atomic mass is 9.68. The lowest BCUT2D eigenvalue weighted by Crippen LogP contribution is -2.26. The first kappa shape index (κ1) is 26.1. The summed E-state index contributed by atoms with van der Waals surface area (Å²) in [6.45, 7) is 5.82. The molecule has 2 saturated carbocycles. The summed E-state index contributed by atoms with van der Waals surface area (Å²) in [4.78, 5) is 0. The van der Waals surface area contributed by atoms with Gasteiger partial charge < -0.3 is 0 Å². The van der Waals surface area contributed by atoms with E-state index in [-0.39, 0.29) is 0 Å².